The van der Waals surface area contributed by atoms with Crippen LogP contribution < -0.4 is 0 Å². The number of carbonyl (C=O) groups excluding carboxylic acids is 2. The fraction of sp³-hybridized carbons (Fsp3) is 0.929. The topological polar surface area (TPSA) is 40.6 Å². The van der Waals surface area contributed by atoms with E-state index in [4.69, 9.17) is 0 Å². The summed E-state index contributed by atoms with van der Waals surface area (Å²) in [6.07, 6.45) is 49.9. The molecule has 0 atom stereocenters. The van der Waals surface area contributed by atoms with Crippen molar-refractivity contribution in [2.24, 2.45) is 23.7 Å². The van der Waals surface area contributed by atoms with Gasteiger partial charge in [-0.05, 0) is 49.4 Å². The van der Waals surface area contributed by atoms with Gasteiger partial charge in [0.25, 0.3) is 0 Å². The third kappa shape index (κ3) is 43.3. The number of unbranched alkanes of at least 4 members (excludes halogenated alkanes) is 28. The van der Waals surface area contributed by atoms with Crippen LogP contribution in [-0.2, 0) is 9.59 Å². The van der Waals surface area contributed by atoms with Gasteiger partial charge in [-0.1, -0.05) is 261 Å². The van der Waals surface area contributed by atoms with Gasteiger partial charge < -0.3 is 9.80 Å². The number of hydrogen-bond donors (Lipinski definition) is 0. The van der Waals surface area contributed by atoms with Crippen LogP contribution in [0.3, 0.4) is 0 Å². The van der Waals surface area contributed by atoms with E-state index >= 15 is 0 Å². The zero-order valence-corrected chi connectivity index (χ0v) is 42.5. The molecule has 0 rings (SSSR count). The highest BCUT2D eigenvalue weighted by Crippen LogP contribution is 2.17. The van der Waals surface area contributed by atoms with Crippen LogP contribution in [0, 0.1) is 23.7 Å². The summed E-state index contributed by atoms with van der Waals surface area (Å²) in [4.78, 5) is 31.5. The molecule has 0 aliphatic heterocycles. The van der Waals surface area contributed by atoms with Gasteiger partial charge in [-0.2, -0.15) is 0 Å². The Hall–Kier alpha value is -1.32. The van der Waals surface area contributed by atoms with Crippen LogP contribution in [0.25, 0.3) is 0 Å². The molecule has 0 aromatic rings. The van der Waals surface area contributed by atoms with Crippen molar-refractivity contribution < 1.29 is 9.59 Å². The zero-order valence-electron chi connectivity index (χ0n) is 42.5. The minimum atomic E-state index is 0.0420. The van der Waals surface area contributed by atoms with Crippen molar-refractivity contribution in [1.82, 2.24) is 9.80 Å². The first-order chi connectivity index (χ1) is 29.0. The van der Waals surface area contributed by atoms with Crippen LogP contribution in [-0.4, -0.2) is 47.8 Å². The van der Waals surface area contributed by atoms with E-state index in [1.165, 1.54) is 205 Å². The predicted octanol–water partition coefficient (Wildman–Crippen LogP) is 17.9. The summed E-state index contributed by atoms with van der Waals surface area (Å²) in [5.41, 5.74) is 0. The molecule has 0 unspecified atom stereocenters. The lowest BCUT2D eigenvalue weighted by Gasteiger charge is -2.23. The monoisotopic (exact) mass is 843 g/mol. The van der Waals surface area contributed by atoms with E-state index in [2.05, 4.69) is 65.2 Å². The van der Waals surface area contributed by atoms with Gasteiger partial charge in [0.15, 0.2) is 0 Å². The van der Waals surface area contributed by atoms with Crippen molar-refractivity contribution in [3.63, 3.8) is 0 Å². The molecule has 2 amide bonds. The summed E-state index contributed by atoms with van der Waals surface area (Å²) in [7, 11) is 0. The van der Waals surface area contributed by atoms with Crippen molar-refractivity contribution in [1.29, 1.82) is 0 Å². The molecule has 0 aromatic heterocycles. The molecular weight excluding hydrogens is 733 g/mol. The lowest BCUT2D eigenvalue weighted by Crippen LogP contribution is -2.34. The zero-order chi connectivity index (χ0) is 44.3. The second-order valence-corrected chi connectivity index (χ2v) is 21.0. The fourth-order valence-corrected chi connectivity index (χ4v) is 8.68. The standard InChI is InChI=1S/C56H110N2O2/c1-51(2)41-33-25-17-9-13-21-29-37-47-57(48-38-30-22-14-10-18-26-34-42-52(3)4)55(59)45-46-56(60)58(49-39-31-23-15-11-19-27-35-43-53(5)6)50-40-32-24-16-12-20-28-36-44-54(7)8/h45-46,51-54H,9-44,47-50H2,1-8H3/b46-45-. The summed E-state index contributed by atoms with van der Waals surface area (Å²) < 4.78 is 0. The minimum absolute atomic E-state index is 0.0420. The van der Waals surface area contributed by atoms with Gasteiger partial charge in [0, 0.05) is 38.3 Å². The largest absolute Gasteiger partial charge is 0.339 e. The van der Waals surface area contributed by atoms with Gasteiger partial charge in [0.2, 0.25) is 11.8 Å². The first-order valence-electron chi connectivity index (χ1n) is 27.3. The molecule has 60 heavy (non-hydrogen) atoms. The predicted molar refractivity (Wildman–Crippen MR) is 268 cm³/mol. The van der Waals surface area contributed by atoms with Gasteiger partial charge in [0.05, 0.1) is 0 Å². The lowest BCUT2D eigenvalue weighted by molar-refractivity contribution is -0.128. The van der Waals surface area contributed by atoms with Crippen molar-refractivity contribution >= 4 is 11.8 Å². The average Bonchev–Trinajstić information content (AvgIpc) is 3.20. The van der Waals surface area contributed by atoms with Gasteiger partial charge in [0.1, 0.15) is 0 Å². The van der Waals surface area contributed by atoms with Crippen molar-refractivity contribution in [2.75, 3.05) is 26.2 Å². The molecular formula is C56H110N2O2. The average molecular weight is 844 g/mol. The Balaban J connectivity index is 5.06. The molecule has 0 radical (unpaired) electrons. The maximum absolute atomic E-state index is 13.7. The summed E-state index contributed by atoms with van der Waals surface area (Å²) in [6.45, 7) is 21.9. The SMILES string of the molecule is CC(C)CCCCCCCCCCN(CCCCCCCCCCC(C)C)C(=O)/C=C\C(=O)N(CCCCCCCCCCC(C)C)CCCCCCCCCCC(C)C. The van der Waals surface area contributed by atoms with Crippen LogP contribution in [0.1, 0.15) is 287 Å². The molecule has 0 aromatic carbocycles. The van der Waals surface area contributed by atoms with Crippen LogP contribution >= 0.6 is 0 Å². The minimum Gasteiger partial charge on any atom is -0.339 e. The van der Waals surface area contributed by atoms with E-state index in [1.54, 1.807) is 12.2 Å². The Kier molecular flexibility index (Phi) is 43.3. The van der Waals surface area contributed by atoms with Crippen LogP contribution in [0.5, 0.6) is 0 Å². The number of amides is 2. The maximum atomic E-state index is 13.7. The summed E-state index contributed by atoms with van der Waals surface area (Å²) in [5.74, 6) is 3.38. The third-order valence-corrected chi connectivity index (χ3v) is 12.8. The molecule has 0 heterocycles. The first kappa shape index (κ1) is 58.7. The van der Waals surface area contributed by atoms with Gasteiger partial charge in [-0.15, -0.1) is 0 Å². The van der Waals surface area contributed by atoms with E-state index < -0.39 is 0 Å². The Morgan fingerprint density at radius 3 is 0.583 bits per heavy atom. The smallest absolute Gasteiger partial charge is 0.246 e. The molecule has 4 nitrogen and oxygen atoms in total. The highest BCUT2D eigenvalue weighted by Gasteiger charge is 2.14. The Morgan fingerprint density at radius 1 is 0.267 bits per heavy atom. The van der Waals surface area contributed by atoms with E-state index in [1.807, 2.05) is 0 Å². The van der Waals surface area contributed by atoms with Gasteiger partial charge in [-0.3, -0.25) is 9.59 Å². The van der Waals surface area contributed by atoms with Crippen molar-refractivity contribution in [2.45, 2.75) is 287 Å². The quantitative estimate of drug-likeness (QED) is 0.0452. The second kappa shape index (κ2) is 44.3. The van der Waals surface area contributed by atoms with Crippen LogP contribution in [0.15, 0.2) is 12.2 Å². The van der Waals surface area contributed by atoms with E-state index in [-0.39, 0.29) is 11.8 Å². The Bertz CT molecular complexity index is 810. The van der Waals surface area contributed by atoms with Crippen LogP contribution in [0.4, 0.5) is 0 Å². The van der Waals surface area contributed by atoms with Gasteiger partial charge in [-0.25, -0.2) is 0 Å². The molecule has 0 bridgehead atoms. The van der Waals surface area contributed by atoms with Crippen LogP contribution in [0.2, 0.25) is 0 Å². The maximum Gasteiger partial charge on any atom is 0.246 e. The molecule has 356 valence electrons. The lowest BCUT2D eigenvalue weighted by atomic mass is 10.0. The highest BCUT2D eigenvalue weighted by molar-refractivity contribution is 5.96. The summed E-state index contributed by atoms with van der Waals surface area (Å²) in [5, 5.41) is 0. The molecule has 0 aliphatic carbocycles. The number of rotatable bonds is 46. The molecule has 0 saturated carbocycles. The van der Waals surface area contributed by atoms with Gasteiger partial charge >= 0.3 is 0 Å². The first-order valence-corrected chi connectivity index (χ1v) is 27.3. The number of carbonyl (C=O) groups is 2. The molecule has 0 aliphatic rings. The third-order valence-electron chi connectivity index (χ3n) is 12.8. The highest BCUT2D eigenvalue weighted by atomic mass is 16.2. The summed E-state index contributed by atoms with van der Waals surface area (Å²) in [6, 6.07) is 0. The molecule has 0 spiro atoms. The molecule has 0 N–H and O–H groups in total. The Labute approximate surface area is 378 Å². The number of hydrogen-bond acceptors (Lipinski definition) is 2. The van der Waals surface area contributed by atoms with E-state index in [0.717, 1.165) is 75.5 Å². The van der Waals surface area contributed by atoms with Crippen molar-refractivity contribution in [3.05, 3.63) is 12.2 Å². The Morgan fingerprint density at radius 2 is 0.417 bits per heavy atom. The van der Waals surface area contributed by atoms with Crippen molar-refractivity contribution in [3.8, 4) is 0 Å². The normalized spacial score (nSPS) is 12.0. The number of nitrogens with zero attached hydrogens (tertiary/aromatic N) is 2. The van der Waals surface area contributed by atoms with E-state index in [9.17, 15) is 9.59 Å². The molecule has 0 saturated heterocycles. The fourth-order valence-electron chi connectivity index (χ4n) is 8.68. The van der Waals surface area contributed by atoms with E-state index in [0.29, 0.717) is 0 Å². The molecule has 4 heteroatoms. The molecule has 0 fully saturated rings. The summed E-state index contributed by atoms with van der Waals surface area (Å²) >= 11 is 0. The second-order valence-electron chi connectivity index (χ2n) is 21.0.